The molecule has 4 heterocycles. The summed E-state index contributed by atoms with van der Waals surface area (Å²) in [4.78, 5) is 52.3. The van der Waals surface area contributed by atoms with E-state index in [4.69, 9.17) is 19.6 Å². The quantitative estimate of drug-likeness (QED) is 0.118. The number of aromatic nitrogens is 2. The van der Waals surface area contributed by atoms with Crippen LogP contribution in [-0.2, 0) is 22.5 Å². The van der Waals surface area contributed by atoms with Gasteiger partial charge in [-0.3, -0.25) is 19.8 Å². The predicted molar refractivity (Wildman–Crippen MR) is 224 cm³/mol. The molecule has 1 amide bonds. The monoisotopic (exact) mass is 789 g/mol. The van der Waals surface area contributed by atoms with E-state index < -0.39 is 17.5 Å². The maximum Gasteiger partial charge on any atom is 0.358 e. The molecule has 2 N–H and O–H groups in total. The Hall–Kier alpha value is -5.33. The molecule has 1 fully saturated rings. The summed E-state index contributed by atoms with van der Waals surface area (Å²) in [6.45, 7) is 13.2. The standard InChI is InChI=1S/C45H51N5O6S/c1-28(23-30-17-20-49(21-18-30)26-40(51)52)27-55-32-13-14-33(29(2)24-32)34-15-16-39(47-41(34)43(54)56-45(3,4)5)50-22-19-31-9-8-10-35(36(31)25-50)42(53)48-44-46-37-11-6-7-12-38(37)57-44/h6-16,24,28,30H,17-23,25-27H2,1-5H3,(H,51,52)(H,46,48,53)/t28-/m0/s1. The lowest BCUT2D eigenvalue weighted by Gasteiger charge is -2.32. The van der Waals surface area contributed by atoms with Crippen molar-refractivity contribution in [2.45, 2.75) is 72.4 Å². The summed E-state index contributed by atoms with van der Waals surface area (Å²) < 4.78 is 13.2. The molecule has 0 bridgehead atoms. The summed E-state index contributed by atoms with van der Waals surface area (Å²) >= 11 is 1.45. The number of anilines is 2. The minimum Gasteiger partial charge on any atom is -0.493 e. The van der Waals surface area contributed by atoms with Gasteiger partial charge in [0.2, 0.25) is 0 Å². The molecule has 11 nitrogen and oxygen atoms in total. The fourth-order valence-corrected chi connectivity index (χ4v) is 8.74. The highest BCUT2D eigenvalue weighted by molar-refractivity contribution is 7.22. The predicted octanol–water partition coefficient (Wildman–Crippen LogP) is 8.64. The summed E-state index contributed by atoms with van der Waals surface area (Å²) in [5, 5.41) is 12.7. The van der Waals surface area contributed by atoms with Gasteiger partial charge in [0, 0.05) is 24.2 Å². The van der Waals surface area contributed by atoms with Crippen LogP contribution in [0.4, 0.5) is 10.9 Å². The molecule has 5 aromatic rings. The first-order valence-corrected chi connectivity index (χ1v) is 20.6. The lowest BCUT2D eigenvalue weighted by molar-refractivity contribution is -0.138. The van der Waals surface area contributed by atoms with E-state index in [9.17, 15) is 14.4 Å². The minimum absolute atomic E-state index is 0.114. The number of ether oxygens (including phenoxy) is 2. The SMILES string of the molecule is Cc1cc(OC[C@@H](C)CC2CCN(CC(=O)O)CC2)ccc1-c1ccc(N2CCc3cccc(C(=O)Nc4nc5ccccc5s4)c3C2)nc1C(=O)OC(C)(C)C. The molecule has 2 aliphatic heterocycles. The van der Waals surface area contributed by atoms with Gasteiger partial charge in [-0.25, -0.2) is 14.8 Å². The maximum absolute atomic E-state index is 13.8. The number of pyridine rings is 1. The van der Waals surface area contributed by atoms with Crippen molar-refractivity contribution in [2.75, 3.05) is 43.0 Å². The Kier molecular flexibility index (Phi) is 11.9. The number of hydrogen-bond acceptors (Lipinski definition) is 10. The Bertz CT molecular complexity index is 2240. The number of esters is 1. The molecule has 1 atom stereocenters. The van der Waals surface area contributed by atoms with Crippen molar-refractivity contribution in [1.82, 2.24) is 14.9 Å². The molecule has 57 heavy (non-hydrogen) atoms. The van der Waals surface area contributed by atoms with E-state index in [1.165, 1.54) is 11.3 Å². The zero-order valence-corrected chi connectivity index (χ0v) is 34.2. The van der Waals surface area contributed by atoms with Gasteiger partial charge < -0.3 is 19.5 Å². The molecule has 0 unspecified atom stereocenters. The molecule has 2 aromatic heterocycles. The van der Waals surface area contributed by atoms with Crippen molar-refractivity contribution >= 4 is 50.3 Å². The smallest absolute Gasteiger partial charge is 0.358 e. The second-order valence-electron chi connectivity index (χ2n) is 16.4. The molecule has 0 saturated carbocycles. The number of carbonyl (C=O) groups excluding carboxylic acids is 2. The number of thiazole rings is 1. The Balaban J connectivity index is 1.07. The molecule has 12 heteroatoms. The van der Waals surface area contributed by atoms with Crippen LogP contribution in [0.15, 0.2) is 72.8 Å². The number of hydrogen-bond donors (Lipinski definition) is 2. The Morgan fingerprint density at radius 1 is 0.965 bits per heavy atom. The van der Waals surface area contributed by atoms with E-state index >= 15 is 0 Å². The second-order valence-corrected chi connectivity index (χ2v) is 17.4. The molecule has 1 saturated heterocycles. The third-order valence-corrected chi connectivity index (χ3v) is 11.6. The van der Waals surface area contributed by atoms with E-state index in [-0.39, 0.29) is 18.1 Å². The lowest BCUT2D eigenvalue weighted by Crippen LogP contribution is -2.37. The largest absolute Gasteiger partial charge is 0.493 e. The first kappa shape index (κ1) is 39.9. The second kappa shape index (κ2) is 17.0. The number of carboxylic acid groups (broad SMARTS) is 1. The van der Waals surface area contributed by atoms with E-state index in [0.717, 1.165) is 70.6 Å². The number of nitrogens with zero attached hydrogens (tertiary/aromatic N) is 4. The number of piperidine rings is 1. The topological polar surface area (TPSA) is 134 Å². The van der Waals surface area contributed by atoms with Gasteiger partial charge in [-0.05, 0) is 143 Å². The van der Waals surface area contributed by atoms with Crippen molar-refractivity contribution in [2.24, 2.45) is 11.8 Å². The number of rotatable bonds is 12. The highest BCUT2D eigenvalue weighted by atomic mass is 32.1. The van der Waals surface area contributed by atoms with Crippen LogP contribution >= 0.6 is 11.3 Å². The number of fused-ring (bicyclic) bond motifs is 2. The Morgan fingerprint density at radius 3 is 2.47 bits per heavy atom. The molecule has 298 valence electrons. The number of likely N-dealkylation sites (tertiary alicyclic amines) is 1. The molecular weight excluding hydrogens is 739 g/mol. The lowest BCUT2D eigenvalue weighted by atomic mass is 9.88. The van der Waals surface area contributed by atoms with Crippen molar-refractivity contribution in [1.29, 1.82) is 0 Å². The molecule has 7 rings (SSSR count). The van der Waals surface area contributed by atoms with Crippen molar-refractivity contribution in [3.8, 4) is 16.9 Å². The molecule has 0 aliphatic carbocycles. The fraction of sp³-hybridized carbons (Fsp3) is 0.400. The average Bonchev–Trinajstić information content (AvgIpc) is 3.59. The number of aliphatic carboxylic acids is 1. The third-order valence-electron chi connectivity index (χ3n) is 10.7. The average molecular weight is 790 g/mol. The zero-order chi connectivity index (χ0) is 40.3. The van der Waals surface area contributed by atoms with Gasteiger partial charge in [0.25, 0.3) is 5.91 Å². The van der Waals surface area contributed by atoms with Crippen LogP contribution in [0.5, 0.6) is 5.75 Å². The summed E-state index contributed by atoms with van der Waals surface area (Å²) in [5.74, 6) is 0.824. The highest BCUT2D eigenvalue weighted by Gasteiger charge is 2.28. The van der Waals surface area contributed by atoms with Gasteiger partial charge in [-0.2, -0.15) is 0 Å². The van der Waals surface area contributed by atoms with Gasteiger partial charge >= 0.3 is 11.9 Å². The Morgan fingerprint density at radius 2 is 1.74 bits per heavy atom. The van der Waals surface area contributed by atoms with Crippen molar-refractivity contribution in [3.63, 3.8) is 0 Å². The van der Waals surface area contributed by atoms with Crippen LogP contribution < -0.4 is 15.0 Å². The summed E-state index contributed by atoms with van der Waals surface area (Å²) in [6, 6.07) is 23.4. The van der Waals surface area contributed by atoms with Crippen LogP contribution in [0.25, 0.3) is 21.3 Å². The number of aryl methyl sites for hydroxylation is 1. The number of amides is 1. The molecule has 2 aliphatic rings. The molecule has 3 aromatic carbocycles. The van der Waals surface area contributed by atoms with Gasteiger partial charge in [0.1, 0.15) is 17.2 Å². The third kappa shape index (κ3) is 9.80. The summed E-state index contributed by atoms with van der Waals surface area (Å²) in [7, 11) is 0. The Labute approximate surface area is 338 Å². The normalized spacial score (nSPS) is 15.6. The van der Waals surface area contributed by atoms with Crippen LogP contribution in [0.3, 0.4) is 0 Å². The van der Waals surface area contributed by atoms with Crippen molar-refractivity contribution < 1.29 is 29.0 Å². The van der Waals surface area contributed by atoms with Crippen LogP contribution in [0.2, 0.25) is 0 Å². The van der Waals surface area contributed by atoms with Gasteiger partial charge in [-0.1, -0.05) is 48.6 Å². The summed E-state index contributed by atoms with van der Waals surface area (Å²) in [6.07, 6.45) is 3.77. The highest BCUT2D eigenvalue weighted by Crippen LogP contribution is 2.34. The van der Waals surface area contributed by atoms with Crippen molar-refractivity contribution in [3.05, 3.63) is 101 Å². The maximum atomic E-state index is 13.8. The van der Waals surface area contributed by atoms with Crippen LogP contribution in [-0.4, -0.2) is 76.2 Å². The zero-order valence-electron chi connectivity index (χ0n) is 33.3. The fourth-order valence-electron chi connectivity index (χ4n) is 7.88. The van der Waals surface area contributed by atoms with E-state index in [1.54, 1.807) is 0 Å². The van der Waals surface area contributed by atoms with Crippen LogP contribution in [0.1, 0.15) is 84.5 Å². The van der Waals surface area contributed by atoms with E-state index in [1.807, 2.05) is 99.3 Å². The van der Waals surface area contributed by atoms with Crippen LogP contribution in [0, 0.1) is 18.8 Å². The first-order chi connectivity index (χ1) is 27.3. The number of nitrogens with one attached hydrogen (secondary N) is 1. The number of carbonyl (C=O) groups is 3. The van der Waals surface area contributed by atoms with E-state index in [0.29, 0.717) is 60.0 Å². The molecular formula is C45H51N5O6S. The summed E-state index contributed by atoms with van der Waals surface area (Å²) in [5.41, 5.74) is 5.46. The van der Waals surface area contributed by atoms with Gasteiger partial charge in [0.05, 0.1) is 23.4 Å². The molecule has 0 spiro atoms. The number of para-hydroxylation sites is 1. The van der Waals surface area contributed by atoms with Gasteiger partial charge in [-0.15, -0.1) is 0 Å². The minimum atomic E-state index is -0.769. The number of benzene rings is 3. The molecule has 0 radical (unpaired) electrons. The van der Waals surface area contributed by atoms with E-state index in [2.05, 4.69) is 28.2 Å². The van der Waals surface area contributed by atoms with Gasteiger partial charge in [0.15, 0.2) is 10.8 Å². The first-order valence-electron chi connectivity index (χ1n) is 19.7. The number of carboxylic acids is 1.